The molecule has 1 amide bonds. The maximum Gasteiger partial charge on any atom is 0.254 e. The van der Waals surface area contributed by atoms with Crippen molar-refractivity contribution in [3.8, 4) is 0 Å². The van der Waals surface area contributed by atoms with Gasteiger partial charge in [-0.3, -0.25) is 4.79 Å². The van der Waals surface area contributed by atoms with Crippen LogP contribution in [0.25, 0.3) is 0 Å². The van der Waals surface area contributed by atoms with Crippen LogP contribution in [0.5, 0.6) is 0 Å². The molecule has 0 bridgehead atoms. The van der Waals surface area contributed by atoms with Crippen LogP contribution in [-0.4, -0.2) is 23.9 Å². The number of benzene rings is 1. The van der Waals surface area contributed by atoms with Crippen molar-refractivity contribution in [3.05, 3.63) is 33.1 Å². The normalized spacial score (nSPS) is 12.6. The van der Waals surface area contributed by atoms with E-state index in [1.54, 1.807) is 18.0 Å². The predicted octanol–water partition coefficient (Wildman–Crippen LogP) is 3.94. The maximum absolute atomic E-state index is 13.0. The molecule has 0 aliphatic heterocycles. The first kappa shape index (κ1) is 15.4. The molecule has 0 heterocycles. The Morgan fingerprint density at radius 1 is 1.39 bits per heavy atom. The van der Waals surface area contributed by atoms with Crippen molar-refractivity contribution in [1.82, 2.24) is 4.90 Å². The van der Waals surface area contributed by atoms with Crippen molar-refractivity contribution in [2.45, 2.75) is 33.2 Å². The zero-order valence-corrected chi connectivity index (χ0v) is 13.4. The number of carbonyl (C=O) groups excluding carboxylic acids is 1. The average Bonchev–Trinajstić information content (AvgIpc) is 2.26. The first-order chi connectivity index (χ1) is 8.32. The molecule has 0 aliphatic rings. The number of amides is 1. The summed E-state index contributed by atoms with van der Waals surface area (Å²) in [4.78, 5) is 14.0. The highest BCUT2D eigenvalue weighted by Crippen LogP contribution is 2.18. The van der Waals surface area contributed by atoms with Gasteiger partial charge in [-0.05, 0) is 60.1 Å². The zero-order valence-electron chi connectivity index (χ0n) is 11.2. The molecule has 1 atom stereocenters. The van der Waals surface area contributed by atoms with Crippen LogP contribution in [0, 0.1) is 15.3 Å². The zero-order chi connectivity index (χ0) is 13.9. The summed E-state index contributed by atoms with van der Waals surface area (Å²) in [6.45, 7) is 6.31. The second-order valence-corrected chi connectivity index (χ2v) is 6.18. The van der Waals surface area contributed by atoms with E-state index in [1.807, 2.05) is 29.5 Å². The van der Waals surface area contributed by atoms with Crippen molar-refractivity contribution in [1.29, 1.82) is 0 Å². The molecule has 0 radical (unpaired) electrons. The quantitative estimate of drug-likeness (QED) is 0.743. The summed E-state index contributed by atoms with van der Waals surface area (Å²) in [7, 11) is 1.80. The molecule has 0 fully saturated rings. The number of halogens is 2. The van der Waals surface area contributed by atoms with Crippen LogP contribution in [0.1, 0.15) is 37.6 Å². The van der Waals surface area contributed by atoms with Gasteiger partial charge < -0.3 is 4.90 Å². The van der Waals surface area contributed by atoms with Crippen LogP contribution in [0.2, 0.25) is 0 Å². The van der Waals surface area contributed by atoms with Crippen LogP contribution < -0.4 is 0 Å². The fourth-order valence-corrected chi connectivity index (χ4v) is 2.60. The number of hydrogen-bond acceptors (Lipinski definition) is 1. The number of carbonyl (C=O) groups is 1. The Hall–Kier alpha value is -0.650. The van der Waals surface area contributed by atoms with E-state index in [2.05, 4.69) is 13.8 Å². The highest BCUT2D eigenvalue weighted by Gasteiger charge is 2.20. The van der Waals surface area contributed by atoms with Gasteiger partial charge in [0.15, 0.2) is 0 Å². The Bertz CT molecular complexity index is 434. The highest BCUT2D eigenvalue weighted by molar-refractivity contribution is 14.1. The first-order valence-electron chi connectivity index (χ1n) is 6.05. The van der Waals surface area contributed by atoms with Gasteiger partial charge in [0.05, 0.1) is 5.56 Å². The summed E-state index contributed by atoms with van der Waals surface area (Å²) in [5.74, 6) is 0.184. The van der Waals surface area contributed by atoms with Gasteiger partial charge >= 0.3 is 0 Å². The fraction of sp³-hybridized carbons (Fsp3) is 0.500. The second kappa shape index (κ2) is 6.50. The Kier molecular flexibility index (Phi) is 5.56. The van der Waals surface area contributed by atoms with Crippen LogP contribution in [-0.2, 0) is 0 Å². The van der Waals surface area contributed by atoms with E-state index in [0.717, 1.165) is 6.42 Å². The molecule has 100 valence electrons. The molecule has 0 aliphatic carbocycles. The Labute approximate surface area is 122 Å². The lowest BCUT2D eigenvalue weighted by Crippen LogP contribution is -2.36. The summed E-state index contributed by atoms with van der Waals surface area (Å²) >= 11 is 2.00. The number of nitrogens with zero attached hydrogens (tertiary/aromatic N) is 1. The molecule has 0 aromatic heterocycles. The predicted molar refractivity (Wildman–Crippen MR) is 80.1 cm³/mol. The molecule has 4 heteroatoms. The van der Waals surface area contributed by atoms with Gasteiger partial charge in [-0.1, -0.05) is 13.8 Å². The van der Waals surface area contributed by atoms with Crippen LogP contribution in [0.3, 0.4) is 0 Å². The van der Waals surface area contributed by atoms with Gasteiger partial charge in [0.2, 0.25) is 0 Å². The third kappa shape index (κ3) is 3.93. The van der Waals surface area contributed by atoms with Gasteiger partial charge in [-0.2, -0.15) is 0 Å². The third-order valence-corrected chi connectivity index (χ3v) is 3.85. The fourth-order valence-electron chi connectivity index (χ4n) is 1.89. The standard InChI is InChI=1S/C14H19FINO/c1-9(2)7-10(3)17(4)14(18)12-6-5-11(15)8-13(12)16/h5-6,8-10H,7H2,1-4H3. The van der Waals surface area contributed by atoms with E-state index >= 15 is 0 Å². The summed E-state index contributed by atoms with van der Waals surface area (Å²) in [6, 6.07) is 4.45. The van der Waals surface area contributed by atoms with Gasteiger partial charge in [0, 0.05) is 16.7 Å². The van der Waals surface area contributed by atoms with Crippen LogP contribution in [0.15, 0.2) is 18.2 Å². The first-order valence-corrected chi connectivity index (χ1v) is 7.13. The molecule has 1 aromatic rings. The van der Waals surface area contributed by atoms with Crippen LogP contribution >= 0.6 is 22.6 Å². The van der Waals surface area contributed by atoms with Crippen molar-refractivity contribution < 1.29 is 9.18 Å². The Morgan fingerprint density at radius 3 is 2.50 bits per heavy atom. The molecular weight excluding hydrogens is 344 g/mol. The van der Waals surface area contributed by atoms with Crippen molar-refractivity contribution in [2.75, 3.05) is 7.05 Å². The van der Waals surface area contributed by atoms with Crippen molar-refractivity contribution >= 4 is 28.5 Å². The van der Waals surface area contributed by atoms with Gasteiger partial charge in [0.25, 0.3) is 5.91 Å². The summed E-state index contributed by atoms with van der Waals surface area (Å²) in [5, 5.41) is 0. The Morgan fingerprint density at radius 2 is 2.00 bits per heavy atom. The lowest BCUT2D eigenvalue weighted by molar-refractivity contribution is 0.0727. The maximum atomic E-state index is 13.0. The van der Waals surface area contributed by atoms with Crippen molar-refractivity contribution in [3.63, 3.8) is 0 Å². The van der Waals surface area contributed by atoms with Gasteiger partial charge in [0.1, 0.15) is 5.82 Å². The minimum absolute atomic E-state index is 0.0486. The molecule has 0 N–H and O–H groups in total. The van der Waals surface area contributed by atoms with E-state index < -0.39 is 0 Å². The second-order valence-electron chi connectivity index (χ2n) is 5.02. The Balaban J connectivity index is 2.86. The summed E-state index contributed by atoms with van der Waals surface area (Å²) in [6.07, 6.45) is 0.958. The SMILES string of the molecule is CC(C)CC(C)N(C)C(=O)c1ccc(F)cc1I. The van der Waals surface area contributed by atoms with Gasteiger partial charge in [-0.25, -0.2) is 4.39 Å². The highest BCUT2D eigenvalue weighted by atomic mass is 127. The third-order valence-electron chi connectivity index (χ3n) is 2.96. The summed E-state index contributed by atoms with van der Waals surface area (Å²) in [5.41, 5.74) is 0.565. The topological polar surface area (TPSA) is 20.3 Å². The average molecular weight is 363 g/mol. The number of hydrogen-bond donors (Lipinski definition) is 0. The molecule has 1 unspecified atom stereocenters. The minimum Gasteiger partial charge on any atom is -0.339 e. The van der Waals surface area contributed by atoms with E-state index in [1.165, 1.54) is 12.1 Å². The monoisotopic (exact) mass is 363 g/mol. The van der Waals surface area contributed by atoms with E-state index in [4.69, 9.17) is 0 Å². The molecule has 18 heavy (non-hydrogen) atoms. The van der Waals surface area contributed by atoms with Crippen LogP contribution in [0.4, 0.5) is 4.39 Å². The molecular formula is C14H19FINO. The van der Waals surface area contributed by atoms with E-state index in [9.17, 15) is 9.18 Å². The minimum atomic E-state index is -0.311. The molecule has 2 nitrogen and oxygen atoms in total. The van der Waals surface area contributed by atoms with E-state index in [0.29, 0.717) is 15.1 Å². The smallest absolute Gasteiger partial charge is 0.254 e. The lowest BCUT2D eigenvalue weighted by atomic mass is 10.0. The van der Waals surface area contributed by atoms with Crippen molar-refractivity contribution in [2.24, 2.45) is 5.92 Å². The molecule has 0 saturated heterocycles. The summed E-state index contributed by atoms with van der Waals surface area (Å²) < 4.78 is 13.7. The number of rotatable bonds is 4. The largest absolute Gasteiger partial charge is 0.339 e. The lowest BCUT2D eigenvalue weighted by Gasteiger charge is -2.26. The molecule has 1 aromatic carbocycles. The molecule has 1 rings (SSSR count). The molecule has 0 saturated carbocycles. The van der Waals surface area contributed by atoms with Gasteiger partial charge in [-0.15, -0.1) is 0 Å². The van der Waals surface area contributed by atoms with E-state index in [-0.39, 0.29) is 17.8 Å². The molecule has 0 spiro atoms.